The fourth-order valence-electron chi connectivity index (χ4n) is 1.76. The minimum absolute atomic E-state index is 0.308. The number of nitrogens with zero attached hydrogens (tertiary/aromatic N) is 3. The van der Waals surface area contributed by atoms with Crippen molar-refractivity contribution in [3.8, 4) is 0 Å². The number of aromatic amines is 1. The van der Waals surface area contributed by atoms with Gasteiger partial charge in [0, 0.05) is 12.6 Å². The molecule has 0 amide bonds. The van der Waals surface area contributed by atoms with E-state index in [2.05, 4.69) is 20.5 Å². The summed E-state index contributed by atoms with van der Waals surface area (Å²) in [5, 5.41) is 18.9. The minimum Gasteiger partial charge on any atom is -0.391 e. The maximum absolute atomic E-state index is 11.2. The highest BCUT2D eigenvalue weighted by Crippen LogP contribution is 2.32. The molecule has 0 radical (unpaired) electrons. The molecule has 1 aliphatic carbocycles. The van der Waals surface area contributed by atoms with Gasteiger partial charge in [0.2, 0.25) is 0 Å². The predicted molar refractivity (Wildman–Crippen MR) is 60.8 cm³/mol. The highest BCUT2D eigenvalue weighted by atomic mass is 16.3. The van der Waals surface area contributed by atoms with Crippen LogP contribution in [0.15, 0.2) is 17.2 Å². The molecule has 0 bridgehead atoms. The van der Waals surface area contributed by atoms with Crippen molar-refractivity contribution < 1.29 is 5.11 Å². The van der Waals surface area contributed by atoms with Gasteiger partial charge >= 0.3 is 5.69 Å². The van der Waals surface area contributed by atoms with Gasteiger partial charge in [-0.25, -0.2) is 19.3 Å². The van der Waals surface area contributed by atoms with Gasteiger partial charge in [0.1, 0.15) is 12.1 Å². The van der Waals surface area contributed by atoms with E-state index in [1.54, 1.807) is 6.07 Å². The number of hydrogen-bond donors (Lipinski definition) is 3. The van der Waals surface area contributed by atoms with E-state index in [0.717, 1.165) is 12.8 Å². The average Bonchev–Trinajstić information content (AvgIpc) is 3.12. The number of anilines is 1. The summed E-state index contributed by atoms with van der Waals surface area (Å²) in [7, 11) is 0. The summed E-state index contributed by atoms with van der Waals surface area (Å²) in [4.78, 5) is 15.3. The van der Waals surface area contributed by atoms with Crippen molar-refractivity contribution >= 4 is 11.5 Å². The van der Waals surface area contributed by atoms with E-state index in [0.29, 0.717) is 23.9 Å². The molecule has 1 saturated carbocycles. The number of aromatic nitrogens is 4. The van der Waals surface area contributed by atoms with Crippen LogP contribution in [-0.2, 0) is 0 Å². The van der Waals surface area contributed by atoms with E-state index in [-0.39, 0.29) is 11.8 Å². The van der Waals surface area contributed by atoms with Gasteiger partial charge < -0.3 is 10.4 Å². The van der Waals surface area contributed by atoms with Crippen molar-refractivity contribution in [3.63, 3.8) is 0 Å². The van der Waals surface area contributed by atoms with Crippen molar-refractivity contribution in [1.29, 1.82) is 0 Å². The molecule has 2 heterocycles. The van der Waals surface area contributed by atoms with Crippen LogP contribution in [0.4, 0.5) is 5.82 Å². The number of rotatable bonds is 4. The van der Waals surface area contributed by atoms with Gasteiger partial charge in [0.25, 0.3) is 0 Å². The molecule has 17 heavy (non-hydrogen) atoms. The smallest absolute Gasteiger partial charge is 0.348 e. The van der Waals surface area contributed by atoms with Gasteiger partial charge in [0.05, 0.1) is 6.10 Å². The summed E-state index contributed by atoms with van der Waals surface area (Å²) in [6, 6.07) is 1.66. The zero-order valence-electron chi connectivity index (χ0n) is 9.13. The fourth-order valence-corrected chi connectivity index (χ4v) is 1.76. The minimum atomic E-state index is -0.325. The molecule has 1 fully saturated rings. The van der Waals surface area contributed by atoms with Gasteiger partial charge in [-0.3, -0.25) is 0 Å². The first-order valence-corrected chi connectivity index (χ1v) is 5.59. The lowest BCUT2D eigenvalue weighted by atomic mass is 10.2. The Labute approximate surface area is 96.5 Å². The number of nitrogens with one attached hydrogen (secondary N) is 2. The molecule has 0 spiro atoms. The SMILES string of the molecule is O=c1[nH]nc2cc(NCC(O)C3CC3)ncn12. The lowest BCUT2D eigenvalue weighted by Crippen LogP contribution is -2.22. The van der Waals surface area contributed by atoms with Crippen LogP contribution in [0.3, 0.4) is 0 Å². The molecule has 1 unspecified atom stereocenters. The number of aliphatic hydroxyl groups excluding tert-OH is 1. The molecule has 0 aliphatic heterocycles. The largest absolute Gasteiger partial charge is 0.391 e. The monoisotopic (exact) mass is 235 g/mol. The van der Waals surface area contributed by atoms with Crippen LogP contribution >= 0.6 is 0 Å². The number of H-pyrrole nitrogens is 1. The number of aliphatic hydroxyl groups is 1. The first-order chi connectivity index (χ1) is 8.24. The average molecular weight is 235 g/mol. The molecule has 3 rings (SSSR count). The molecule has 90 valence electrons. The van der Waals surface area contributed by atoms with Crippen LogP contribution in [0.1, 0.15) is 12.8 Å². The third-order valence-electron chi connectivity index (χ3n) is 2.97. The van der Waals surface area contributed by atoms with Gasteiger partial charge in [-0.2, -0.15) is 5.10 Å². The summed E-state index contributed by atoms with van der Waals surface area (Å²) in [6.45, 7) is 0.475. The van der Waals surface area contributed by atoms with Crippen LogP contribution in [-0.4, -0.2) is 37.3 Å². The third-order valence-corrected chi connectivity index (χ3v) is 2.97. The van der Waals surface area contributed by atoms with E-state index < -0.39 is 0 Å². The second kappa shape index (κ2) is 3.85. The zero-order valence-corrected chi connectivity index (χ0v) is 9.13. The summed E-state index contributed by atoms with van der Waals surface area (Å²) < 4.78 is 1.32. The van der Waals surface area contributed by atoms with E-state index in [1.807, 2.05) is 0 Å². The molecule has 1 aliphatic rings. The normalized spacial score (nSPS) is 17.2. The van der Waals surface area contributed by atoms with E-state index in [1.165, 1.54) is 10.7 Å². The molecular formula is C10H13N5O2. The zero-order chi connectivity index (χ0) is 11.8. The Bertz CT molecular complexity index is 586. The second-order valence-electron chi connectivity index (χ2n) is 4.32. The highest BCUT2D eigenvalue weighted by molar-refractivity contribution is 5.48. The van der Waals surface area contributed by atoms with Crippen molar-refractivity contribution in [1.82, 2.24) is 19.6 Å². The van der Waals surface area contributed by atoms with Crippen molar-refractivity contribution in [2.24, 2.45) is 5.92 Å². The van der Waals surface area contributed by atoms with Crippen molar-refractivity contribution in [2.75, 3.05) is 11.9 Å². The summed E-state index contributed by atoms with van der Waals surface area (Å²) >= 11 is 0. The van der Waals surface area contributed by atoms with Crippen molar-refractivity contribution in [2.45, 2.75) is 18.9 Å². The lowest BCUT2D eigenvalue weighted by molar-refractivity contribution is 0.164. The number of fused-ring (bicyclic) bond motifs is 1. The van der Waals surface area contributed by atoms with Gasteiger partial charge in [-0.05, 0) is 18.8 Å². The summed E-state index contributed by atoms with van der Waals surface area (Å²) in [5.41, 5.74) is 0.200. The molecule has 0 saturated heterocycles. The molecule has 2 aromatic rings. The molecule has 1 atom stereocenters. The van der Waals surface area contributed by atoms with Gasteiger partial charge in [-0.1, -0.05) is 0 Å². The van der Waals surface area contributed by atoms with Crippen LogP contribution in [0.5, 0.6) is 0 Å². The fraction of sp³-hybridized carbons (Fsp3) is 0.500. The lowest BCUT2D eigenvalue weighted by Gasteiger charge is -2.10. The Morgan fingerprint density at radius 3 is 3.24 bits per heavy atom. The Hall–Kier alpha value is -1.89. The number of hydrogen-bond acceptors (Lipinski definition) is 5. The maximum Gasteiger partial charge on any atom is 0.348 e. The molecular weight excluding hydrogens is 222 g/mol. The Kier molecular flexibility index (Phi) is 2.32. The highest BCUT2D eigenvalue weighted by Gasteiger charge is 2.29. The van der Waals surface area contributed by atoms with E-state index in [9.17, 15) is 9.90 Å². The summed E-state index contributed by atoms with van der Waals surface area (Å²) in [5.74, 6) is 1.04. The first kappa shape index (κ1) is 10.3. The summed E-state index contributed by atoms with van der Waals surface area (Å²) in [6.07, 6.45) is 3.29. The molecule has 7 nitrogen and oxygen atoms in total. The molecule has 3 N–H and O–H groups in total. The quantitative estimate of drug-likeness (QED) is 0.670. The maximum atomic E-state index is 11.2. The first-order valence-electron chi connectivity index (χ1n) is 5.59. The van der Waals surface area contributed by atoms with Crippen LogP contribution < -0.4 is 11.0 Å². The Morgan fingerprint density at radius 2 is 2.47 bits per heavy atom. The van der Waals surface area contributed by atoms with E-state index in [4.69, 9.17) is 0 Å². The predicted octanol–water partition coefficient (Wildman–Crippen LogP) is -0.400. The standard InChI is InChI=1S/C10H13N5O2/c16-7(6-1-2-6)4-11-8-3-9-13-14-10(17)15(9)5-12-8/h3,5-7,11,16H,1-2,4H2,(H,14,17). The molecule has 7 heteroatoms. The molecule has 2 aromatic heterocycles. The Morgan fingerprint density at radius 1 is 1.65 bits per heavy atom. The van der Waals surface area contributed by atoms with Crippen LogP contribution in [0.25, 0.3) is 5.65 Å². The van der Waals surface area contributed by atoms with Gasteiger partial charge in [-0.15, -0.1) is 0 Å². The second-order valence-corrected chi connectivity index (χ2v) is 4.32. The van der Waals surface area contributed by atoms with E-state index >= 15 is 0 Å². The third kappa shape index (κ3) is 2.01. The topological polar surface area (TPSA) is 95.3 Å². The van der Waals surface area contributed by atoms with Gasteiger partial charge in [0.15, 0.2) is 5.65 Å². The van der Waals surface area contributed by atoms with Crippen LogP contribution in [0, 0.1) is 5.92 Å². The Balaban J connectivity index is 1.74. The van der Waals surface area contributed by atoms with Crippen LogP contribution in [0.2, 0.25) is 0 Å². The molecule has 0 aromatic carbocycles. The van der Waals surface area contributed by atoms with Crippen molar-refractivity contribution in [3.05, 3.63) is 22.9 Å².